The molecule has 2 aromatic carbocycles. The van der Waals surface area contributed by atoms with Crippen LogP contribution < -0.4 is 10.6 Å². The highest BCUT2D eigenvalue weighted by Crippen LogP contribution is 2.22. The van der Waals surface area contributed by atoms with Crippen LogP contribution in [0.15, 0.2) is 46.9 Å². The molecule has 0 saturated carbocycles. The van der Waals surface area contributed by atoms with Crippen molar-refractivity contribution in [2.24, 2.45) is 0 Å². The number of para-hydroxylation sites is 1. The van der Waals surface area contributed by atoms with Gasteiger partial charge in [0.05, 0.1) is 11.4 Å². The van der Waals surface area contributed by atoms with Gasteiger partial charge in [0.25, 0.3) is 0 Å². The molecule has 98 valence electrons. The molecule has 19 heavy (non-hydrogen) atoms. The van der Waals surface area contributed by atoms with Gasteiger partial charge in [-0.05, 0) is 40.2 Å². The molecule has 0 radical (unpaired) electrons. The van der Waals surface area contributed by atoms with Crippen LogP contribution in [0.2, 0.25) is 0 Å². The molecular formula is C13H9BrF2N2O. The largest absolute Gasteiger partial charge is 0.323 e. The molecule has 0 aliphatic rings. The number of rotatable bonds is 2. The summed E-state index contributed by atoms with van der Waals surface area (Å²) in [5.41, 5.74) is 0.307. The Labute approximate surface area is 116 Å². The SMILES string of the molecule is O=C(Nc1cc(F)ccc1F)Nc1ccccc1Br. The van der Waals surface area contributed by atoms with Crippen molar-refractivity contribution in [1.29, 1.82) is 0 Å². The first-order chi connectivity index (χ1) is 9.06. The van der Waals surface area contributed by atoms with E-state index in [0.29, 0.717) is 10.2 Å². The first kappa shape index (κ1) is 13.5. The lowest BCUT2D eigenvalue weighted by Crippen LogP contribution is -2.20. The lowest BCUT2D eigenvalue weighted by atomic mass is 10.3. The third-order valence-corrected chi connectivity index (χ3v) is 2.99. The lowest BCUT2D eigenvalue weighted by molar-refractivity contribution is 0.262. The van der Waals surface area contributed by atoms with E-state index in [1.54, 1.807) is 24.3 Å². The number of benzene rings is 2. The van der Waals surface area contributed by atoms with Gasteiger partial charge in [-0.25, -0.2) is 13.6 Å². The number of hydrogen-bond donors (Lipinski definition) is 2. The number of halogens is 3. The highest BCUT2D eigenvalue weighted by atomic mass is 79.9. The van der Waals surface area contributed by atoms with E-state index in [1.165, 1.54) is 0 Å². The zero-order valence-electron chi connectivity index (χ0n) is 9.58. The monoisotopic (exact) mass is 326 g/mol. The summed E-state index contributed by atoms with van der Waals surface area (Å²) in [6, 6.07) is 9.13. The number of anilines is 2. The van der Waals surface area contributed by atoms with Crippen molar-refractivity contribution >= 4 is 33.3 Å². The van der Waals surface area contributed by atoms with Gasteiger partial charge >= 0.3 is 6.03 Å². The van der Waals surface area contributed by atoms with E-state index in [2.05, 4.69) is 26.6 Å². The fourth-order valence-corrected chi connectivity index (χ4v) is 1.82. The van der Waals surface area contributed by atoms with Gasteiger partial charge in [0.1, 0.15) is 11.6 Å². The van der Waals surface area contributed by atoms with Gasteiger partial charge in [0, 0.05) is 10.5 Å². The Morgan fingerprint density at radius 3 is 2.42 bits per heavy atom. The Morgan fingerprint density at radius 1 is 1.00 bits per heavy atom. The van der Waals surface area contributed by atoms with Gasteiger partial charge in [0.15, 0.2) is 0 Å². The number of carbonyl (C=O) groups excluding carboxylic acids is 1. The number of carbonyl (C=O) groups is 1. The van der Waals surface area contributed by atoms with Gasteiger partial charge in [0.2, 0.25) is 0 Å². The Bertz CT molecular complexity index is 619. The van der Waals surface area contributed by atoms with Gasteiger partial charge in [-0.2, -0.15) is 0 Å². The van der Waals surface area contributed by atoms with E-state index in [1.807, 2.05) is 0 Å². The molecule has 0 aliphatic carbocycles. The fourth-order valence-electron chi connectivity index (χ4n) is 1.43. The zero-order chi connectivity index (χ0) is 13.8. The van der Waals surface area contributed by atoms with Crippen LogP contribution in [-0.2, 0) is 0 Å². The third-order valence-electron chi connectivity index (χ3n) is 2.30. The quantitative estimate of drug-likeness (QED) is 0.845. The maximum absolute atomic E-state index is 13.3. The van der Waals surface area contributed by atoms with Crippen molar-refractivity contribution in [1.82, 2.24) is 0 Å². The molecule has 6 heteroatoms. The van der Waals surface area contributed by atoms with Crippen LogP contribution in [0.3, 0.4) is 0 Å². The second-order valence-electron chi connectivity index (χ2n) is 3.68. The van der Waals surface area contributed by atoms with Crippen LogP contribution in [0.1, 0.15) is 0 Å². The topological polar surface area (TPSA) is 41.1 Å². The summed E-state index contributed by atoms with van der Waals surface area (Å²) >= 11 is 3.26. The van der Waals surface area contributed by atoms with E-state index in [9.17, 15) is 13.6 Å². The van der Waals surface area contributed by atoms with Crippen LogP contribution in [0.25, 0.3) is 0 Å². The van der Waals surface area contributed by atoms with E-state index in [4.69, 9.17) is 0 Å². The summed E-state index contributed by atoms with van der Waals surface area (Å²) in [6.07, 6.45) is 0. The number of hydrogen-bond acceptors (Lipinski definition) is 1. The summed E-state index contributed by atoms with van der Waals surface area (Å²) in [6.45, 7) is 0. The Balaban J connectivity index is 2.10. The van der Waals surface area contributed by atoms with E-state index < -0.39 is 17.7 Å². The predicted octanol–water partition coefficient (Wildman–Crippen LogP) is 4.37. The van der Waals surface area contributed by atoms with E-state index in [-0.39, 0.29) is 5.69 Å². The van der Waals surface area contributed by atoms with Crippen molar-refractivity contribution in [3.63, 3.8) is 0 Å². The average molecular weight is 327 g/mol. The molecule has 2 N–H and O–H groups in total. The highest BCUT2D eigenvalue weighted by Gasteiger charge is 2.09. The smallest absolute Gasteiger partial charge is 0.307 e. The van der Waals surface area contributed by atoms with Crippen molar-refractivity contribution in [3.8, 4) is 0 Å². The summed E-state index contributed by atoms with van der Waals surface area (Å²) in [7, 11) is 0. The van der Waals surface area contributed by atoms with Crippen molar-refractivity contribution in [2.45, 2.75) is 0 Å². The Hall–Kier alpha value is -1.95. The van der Waals surface area contributed by atoms with Crippen LogP contribution in [0.4, 0.5) is 25.0 Å². The molecule has 0 spiro atoms. The maximum Gasteiger partial charge on any atom is 0.323 e. The minimum atomic E-state index is -0.705. The van der Waals surface area contributed by atoms with Gasteiger partial charge < -0.3 is 10.6 Å². The molecule has 0 atom stereocenters. The fraction of sp³-hybridized carbons (Fsp3) is 0. The van der Waals surface area contributed by atoms with Gasteiger partial charge in [-0.3, -0.25) is 0 Å². The predicted molar refractivity (Wildman–Crippen MR) is 73.1 cm³/mol. The van der Waals surface area contributed by atoms with E-state index >= 15 is 0 Å². The Kier molecular flexibility index (Phi) is 4.11. The van der Waals surface area contributed by atoms with Crippen LogP contribution >= 0.6 is 15.9 Å². The van der Waals surface area contributed by atoms with Gasteiger partial charge in [-0.15, -0.1) is 0 Å². The average Bonchev–Trinajstić information content (AvgIpc) is 2.37. The standard InChI is InChI=1S/C13H9BrF2N2O/c14-9-3-1-2-4-11(9)17-13(19)18-12-7-8(15)5-6-10(12)16/h1-7H,(H2,17,18,19). The van der Waals surface area contributed by atoms with Crippen molar-refractivity contribution in [2.75, 3.05) is 10.6 Å². The molecule has 0 fully saturated rings. The summed E-state index contributed by atoms with van der Waals surface area (Å²) in [4.78, 5) is 11.7. The molecule has 2 rings (SSSR count). The molecule has 0 aromatic heterocycles. The van der Waals surface area contributed by atoms with E-state index in [0.717, 1.165) is 18.2 Å². The molecule has 0 aliphatic heterocycles. The van der Waals surface area contributed by atoms with Crippen LogP contribution in [0.5, 0.6) is 0 Å². The first-order valence-electron chi connectivity index (χ1n) is 5.34. The number of nitrogens with one attached hydrogen (secondary N) is 2. The summed E-state index contributed by atoms with van der Waals surface area (Å²) < 4.78 is 27.0. The molecule has 0 unspecified atom stereocenters. The zero-order valence-corrected chi connectivity index (χ0v) is 11.2. The number of amides is 2. The first-order valence-corrected chi connectivity index (χ1v) is 6.13. The van der Waals surface area contributed by atoms with Crippen LogP contribution in [0, 0.1) is 11.6 Å². The summed E-state index contributed by atoms with van der Waals surface area (Å²) in [5, 5.41) is 4.76. The molecule has 2 amide bonds. The molecule has 0 heterocycles. The Morgan fingerprint density at radius 2 is 1.68 bits per heavy atom. The third kappa shape index (κ3) is 3.51. The lowest BCUT2D eigenvalue weighted by Gasteiger charge is -2.09. The van der Waals surface area contributed by atoms with Crippen LogP contribution in [-0.4, -0.2) is 6.03 Å². The normalized spacial score (nSPS) is 10.1. The molecule has 0 bridgehead atoms. The minimum absolute atomic E-state index is 0.218. The minimum Gasteiger partial charge on any atom is -0.307 e. The molecule has 0 saturated heterocycles. The molecule has 3 nitrogen and oxygen atoms in total. The van der Waals surface area contributed by atoms with Crippen molar-refractivity contribution in [3.05, 3.63) is 58.6 Å². The maximum atomic E-state index is 13.3. The van der Waals surface area contributed by atoms with Crippen molar-refractivity contribution < 1.29 is 13.6 Å². The number of urea groups is 1. The second kappa shape index (κ2) is 5.79. The van der Waals surface area contributed by atoms with Gasteiger partial charge in [-0.1, -0.05) is 12.1 Å². The molecular weight excluding hydrogens is 318 g/mol. The summed E-state index contributed by atoms with van der Waals surface area (Å²) in [5.74, 6) is -1.33. The molecule has 2 aromatic rings. The second-order valence-corrected chi connectivity index (χ2v) is 4.54. The highest BCUT2D eigenvalue weighted by molar-refractivity contribution is 9.10.